The normalized spacial score (nSPS) is 25.8. The second kappa shape index (κ2) is 9.57. The van der Waals surface area contributed by atoms with E-state index in [1.54, 1.807) is 0 Å². The number of nitrogens with zero attached hydrogens (tertiary/aromatic N) is 2. The second-order valence-corrected chi connectivity index (χ2v) is 7.87. The maximum atomic E-state index is 10.6. The van der Waals surface area contributed by atoms with Crippen molar-refractivity contribution in [3.8, 4) is 0 Å². The molecule has 0 spiro atoms. The van der Waals surface area contributed by atoms with Gasteiger partial charge in [-0.25, -0.2) is 0 Å². The lowest BCUT2D eigenvalue weighted by atomic mass is 9.85. The molecule has 3 rings (SSSR count). The van der Waals surface area contributed by atoms with E-state index in [-0.39, 0.29) is 24.0 Å². The van der Waals surface area contributed by atoms with E-state index in [0.29, 0.717) is 12.6 Å². The van der Waals surface area contributed by atoms with Crippen molar-refractivity contribution in [2.75, 3.05) is 33.2 Å². The molecular weight excluding hydrogens is 415 g/mol. The summed E-state index contributed by atoms with van der Waals surface area (Å²) in [7, 11) is 1.82. The molecule has 24 heavy (non-hydrogen) atoms. The average Bonchev–Trinajstić information content (AvgIpc) is 3.38. The molecule has 0 radical (unpaired) electrons. The van der Waals surface area contributed by atoms with Crippen molar-refractivity contribution in [3.05, 3.63) is 0 Å². The van der Waals surface area contributed by atoms with Crippen LogP contribution in [0.15, 0.2) is 4.99 Å². The van der Waals surface area contributed by atoms with E-state index >= 15 is 0 Å². The molecule has 0 amide bonds. The lowest BCUT2D eigenvalue weighted by Crippen LogP contribution is -2.52. The van der Waals surface area contributed by atoms with E-state index in [1.807, 2.05) is 7.05 Å². The maximum absolute atomic E-state index is 10.6. The number of hydrogen-bond acceptors (Lipinski definition) is 3. The number of hydrogen-bond donors (Lipinski definition) is 3. The maximum Gasteiger partial charge on any atom is 0.191 e. The second-order valence-electron chi connectivity index (χ2n) is 7.87. The van der Waals surface area contributed by atoms with Gasteiger partial charge in [0.1, 0.15) is 0 Å². The van der Waals surface area contributed by atoms with Crippen LogP contribution in [0.2, 0.25) is 0 Å². The van der Waals surface area contributed by atoms with Crippen LogP contribution >= 0.6 is 24.0 Å². The van der Waals surface area contributed by atoms with Crippen molar-refractivity contribution in [1.29, 1.82) is 0 Å². The molecule has 3 fully saturated rings. The van der Waals surface area contributed by atoms with Gasteiger partial charge in [-0.1, -0.05) is 19.3 Å². The first-order valence-electron chi connectivity index (χ1n) is 9.59. The largest absolute Gasteiger partial charge is 0.388 e. The molecule has 140 valence electrons. The summed E-state index contributed by atoms with van der Waals surface area (Å²) in [5.74, 6) is 1.84. The van der Waals surface area contributed by atoms with Crippen molar-refractivity contribution in [1.82, 2.24) is 15.5 Å². The molecule has 1 aliphatic heterocycles. The molecule has 0 aromatic carbocycles. The zero-order valence-electron chi connectivity index (χ0n) is 15.1. The monoisotopic (exact) mass is 450 g/mol. The molecule has 3 aliphatic rings. The Morgan fingerprint density at radius 3 is 2.38 bits per heavy atom. The molecule has 1 saturated heterocycles. The molecule has 0 bridgehead atoms. The van der Waals surface area contributed by atoms with Crippen molar-refractivity contribution in [2.24, 2.45) is 10.9 Å². The smallest absolute Gasteiger partial charge is 0.191 e. The molecule has 3 N–H and O–H groups in total. The van der Waals surface area contributed by atoms with Crippen LogP contribution < -0.4 is 10.6 Å². The Morgan fingerprint density at radius 1 is 1.12 bits per heavy atom. The molecule has 0 aromatic heterocycles. The van der Waals surface area contributed by atoms with E-state index in [2.05, 4.69) is 20.5 Å². The topological polar surface area (TPSA) is 59.9 Å². The van der Waals surface area contributed by atoms with Crippen LogP contribution in [0.25, 0.3) is 0 Å². The lowest BCUT2D eigenvalue weighted by molar-refractivity contribution is 0.00852. The first-order chi connectivity index (χ1) is 11.2. The van der Waals surface area contributed by atoms with Crippen LogP contribution in [0.4, 0.5) is 0 Å². The summed E-state index contributed by atoms with van der Waals surface area (Å²) in [5.41, 5.74) is -0.538. The number of aliphatic hydroxyl groups is 1. The summed E-state index contributed by atoms with van der Waals surface area (Å²) in [6.45, 7) is 4.34. The molecule has 6 heteroatoms. The molecule has 5 nitrogen and oxygen atoms in total. The van der Waals surface area contributed by atoms with Crippen LogP contribution in [0.3, 0.4) is 0 Å². The Balaban J connectivity index is 0.00000208. The van der Waals surface area contributed by atoms with Gasteiger partial charge < -0.3 is 20.6 Å². The highest BCUT2D eigenvalue weighted by molar-refractivity contribution is 14.0. The fourth-order valence-electron chi connectivity index (χ4n) is 3.95. The van der Waals surface area contributed by atoms with Crippen molar-refractivity contribution in [3.63, 3.8) is 0 Å². The van der Waals surface area contributed by atoms with Gasteiger partial charge in [0.25, 0.3) is 0 Å². The highest BCUT2D eigenvalue weighted by Gasteiger charge is 2.30. The highest BCUT2D eigenvalue weighted by atomic mass is 127. The fraction of sp³-hybridized carbons (Fsp3) is 0.944. The van der Waals surface area contributed by atoms with Crippen molar-refractivity contribution < 1.29 is 5.11 Å². The summed E-state index contributed by atoms with van der Waals surface area (Å²) in [6.07, 6.45) is 10.6. The zero-order chi connectivity index (χ0) is 16.1. The Kier molecular flexibility index (Phi) is 8.07. The van der Waals surface area contributed by atoms with Crippen molar-refractivity contribution >= 4 is 29.9 Å². The fourth-order valence-corrected chi connectivity index (χ4v) is 3.95. The van der Waals surface area contributed by atoms with E-state index in [4.69, 9.17) is 0 Å². The minimum Gasteiger partial charge on any atom is -0.388 e. The number of piperidine rings is 1. The van der Waals surface area contributed by atoms with Gasteiger partial charge in [-0.3, -0.25) is 4.99 Å². The van der Waals surface area contributed by atoms with Crippen LogP contribution in [0.5, 0.6) is 0 Å². The van der Waals surface area contributed by atoms with E-state index in [0.717, 1.165) is 37.6 Å². The minimum absolute atomic E-state index is 0. The molecule has 2 saturated carbocycles. The van der Waals surface area contributed by atoms with Crippen LogP contribution in [-0.2, 0) is 0 Å². The van der Waals surface area contributed by atoms with E-state index in [1.165, 1.54) is 51.7 Å². The van der Waals surface area contributed by atoms with Crippen LogP contribution in [-0.4, -0.2) is 60.8 Å². The number of rotatable bonds is 5. The third kappa shape index (κ3) is 6.33. The van der Waals surface area contributed by atoms with Gasteiger partial charge in [-0.05, 0) is 44.4 Å². The average molecular weight is 450 g/mol. The van der Waals surface area contributed by atoms with Gasteiger partial charge in [-0.15, -0.1) is 24.0 Å². The van der Waals surface area contributed by atoms with Gasteiger partial charge in [0.05, 0.1) is 5.60 Å². The first kappa shape index (κ1) is 20.2. The molecule has 2 aliphatic carbocycles. The van der Waals surface area contributed by atoms with Crippen LogP contribution in [0.1, 0.15) is 57.8 Å². The molecular formula is C18H35IN4O. The van der Waals surface area contributed by atoms with Gasteiger partial charge in [0.2, 0.25) is 0 Å². The summed E-state index contributed by atoms with van der Waals surface area (Å²) >= 11 is 0. The predicted octanol–water partition coefficient (Wildman–Crippen LogP) is 2.34. The first-order valence-corrected chi connectivity index (χ1v) is 9.59. The van der Waals surface area contributed by atoms with Gasteiger partial charge in [0.15, 0.2) is 5.96 Å². The minimum atomic E-state index is -0.538. The summed E-state index contributed by atoms with van der Waals surface area (Å²) < 4.78 is 0. The Bertz CT molecular complexity index is 400. The molecule has 0 unspecified atom stereocenters. The van der Waals surface area contributed by atoms with Gasteiger partial charge in [0, 0.05) is 39.3 Å². The Labute approximate surface area is 164 Å². The lowest BCUT2D eigenvalue weighted by Gasteiger charge is -2.35. The van der Waals surface area contributed by atoms with Crippen molar-refractivity contribution in [2.45, 2.75) is 69.4 Å². The van der Waals surface area contributed by atoms with E-state index < -0.39 is 5.60 Å². The van der Waals surface area contributed by atoms with Gasteiger partial charge in [-0.2, -0.15) is 0 Å². The quantitative estimate of drug-likeness (QED) is 0.342. The Morgan fingerprint density at radius 2 is 1.79 bits per heavy atom. The standard InChI is InChI=1S/C18H34N4O.HI/c1-19-17(20-14-18(23)9-3-2-4-10-18)21-16-7-11-22(12-8-16)13-15-5-6-15;/h15-16,23H,2-14H2,1H3,(H2,19,20,21);1H. The SMILES string of the molecule is CN=C(NCC1(O)CCCCC1)NC1CCN(CC2CC2)CC1.I. The van der Waals surface area contributed by atoms with Gasteiger partial charge >= 0.3 is 0 Å². The summed E-state index contributed by atoms with van der Waals surface area (Å²) in [4.78, 5) is 6.97. The third-order valence-electron chi connectivity index (χ3n) is 5.73. The number of guanidine groups is 1. The predicted molar refractivity (Wildman–Crippen MR) is 110 cm³/mol. The number of halogens is 1. The third-order valence-corrected chi connectivity index (χ3v) is 5.73. The summed E-state index contributed by atoms with van der Waals surface area (Å²) in [5, 5.41) is 17.5. The Hall–Kier alpha value is -0.0800. The summed E-state index contributed by atoms with van der Waals surface area (Å²) in [6, 6.07) is 0.512. The van der Waals surface area contributed by atoms with E-state index in [9.17, 15) is 5.11 Å². The number of nitrogens with one attached hydrogen (secondary N) is 2. The zero-order valence-corrected chi connectivity index (χ0v) is 17.4. The molecule has 0 aromatic rings. The number of aliphatic imine (C=N–C) groups is 1. The van der Waals surface area contributed by atoms with Crippen LogP contribution in [0, 0.1) is 5.92 Å². The molecule has 0 atom stereocenters. The molecule has 1 heterocycles. The number of likely N-dealkylation sites (tertiary alicyclic amines) is 1. The highest BCUT2D eigenvalue weighted by Crippen LogP contribution is 2.30.